The highest BCUT2D eigenvalue weighted by Crippen LogP contribution is 2.16. The zero-order valence-corrected chi connectivity index (χ0v) is 7.96. The van der Waals surface area contributed by atoms with Crippen LogP contribution in [-0.4, -0.2) is 11.1 Å². The monoisotopic (exact) mass is 218 g/mol. The molecule has 1 aromatic rings. The SMILES string of the molecule is Cc1ccsc1C(=O)CBr. The van der Waals surface area contributed by atoms with Gasteiger partial charge in [0.2, 0.25) is 0 Å². The van der Waals surface area contributed by atoms with Gasteiger partial charge in [0.25, 0.3) is 0 Å². The molecule has 0 saturated heterocycles. The van der Waals surface area contributed by atoms with E-state index in [2.05, 4.69) is 15.9 Å². The minimum atomic E-state index is 0.174. The quantitative estimate of drug-likeness (QED) is 0.552. The third kappa shape index (κ3) is 1.47. The Hall–Kier alpha value is -0.150. The smallest absolute Gasteiger partial charge is 0.183 e. The van der Waals surface area contributed by atoms with Gasteiger partial charge in [-0.05, 0) is 23.9 Å². The Bertz CT molecular complexity index is 242. The van der Waals surface area contributed by atoms with Crippen molar-refractivity contribution in [3.05, 3.63) is 21.9 Å². The summed E-state index contributed by atoms with van der Waals surface area (Å²) in [5.74, 6) is 0.174. The summed E-state index contributed by atoms with van der Waals surface area (Å²) < 4.78 is 0. The molecule has 0 atom stereocenters. The van der Waals surface area contributed by atoms with E-state index in [1.165, 1.54) is 11.3 Å². The van der Waals surface area contributed by atoms with Crippen molar-refractivity contribution in [3.8, 4) is 0 Å². The van der Waals surface area contributed by atoms with E-state index < -0.39 is 0 Å². The Morgan fingerprint density at radius 1 is 1.80 bits per heavy atom. The van der Waals surface area contributed by atoms with E-state index in [0.717, 1.165) is 10.4 Å². The lowest BCUT2D eigenvalue weighted by Crippen LogP contribution is -1.97. The number of carbonyl (C=O) groups excluding carboxylic acids is 1. The fraction of sp³-hybridized carbons (Fsp3) is 0.286. The van der Waals surface area contributed by atoms with Gasteiger partial charge in [0.1, 0.15) is 0 Å². The zero-order chi connectivity index (χ0) is 7.56. The van der Waals surface area contributed by atoms with Crippen LogP contribution in [0.3, 0.4) is 0 Å². The van der Waals surface area contributed by atoms with Crippen LogP contribution < -0.4 is 0 Å². The Balaban J connectivity index is 2.93. The Morgan fingerprint density at radius 3 is 2.90 bits per heavy atom. The predicted molar refractivity (Wildman–Crippen MR) is 47.2 cm³/mol. The molecule has 10 heavy (non-hydrogen) atoms. The molecule has 0 N–H and O–H groups in total. The van der Waals surface area contributed by atoms with Gasteiger partial charge in [-0.15, -0.1) is 11.3 Å². The fourth-order valence-electron chi connectivity index (χ4n) is 0.719. The fourth-order valence-corrected chi connectivity index (χ4v) is 2.05. The summed E-state index contributed by atoms with van der Waals surface area (Å²) in [6, 6.07) is 1.96. The van der Waals surface area contributed by atoms with Crippen LogP contribution in [0.2, 0.25) is 0 Å². The molecule has 0 aromatic carbocycles. The second kappa shape index (κ2) is 3.30. The second-order valence-corrected chi connectivity index (χ2v) is 3.47. The zero-order valence-electron chi connectivity index (χ0n) is 5.56. The van der Waals surface area contributed by atoms with Gasteiger partial charge in [0.05, 0.1) is 10.2 Å². The van der Waals surface area contributed by atoms with E-state index >= 15 is 0 Å². The van der Waals surface area contributed by atoms with Gasteiger partial charge in [-0.3, -0.25) is 4.79 Å². The summed E-state index contributed by atoms with van der Waals surface area (Å²) in [7, 11) is 0. The number of halogens is 1. The molecule has 0 radical (unpaired) electrons. The number of ketones is 1. The molecule has 0 aliphatic rings. The molecule has 0 aliphatic carbocycles. The number of hydrogen-bond acceptors (Lipinski definition) is 2. The summed E-state index contributed by atoms with van der Waals surface area (Å²) in [5.41, 5.74) is 1.08. The van der Waals surface area contributed by atoms with Crippen LogP contribution >= 0.6 is 27.3 Å². The molecule has 0 fully saturated rings. The standard InChI is InChI=1S/C7H7BrOS/c1-5-2-3-10-7(5)6(9)4-8/h2-3H,4H2,1H3. The highest BCUT2D eigenvalue weighted by atomic mass is 79.9. The second-order valence-electron chi connectivity index (χ2n) is 1.99. The number of aryl methyl sites for hydroxylation is 1. The van der Waals surface area contributed by atoms with E-state index in [0.29, 0.717) is 5.33 Å². The first-order chi connectivity index (χ1) is 4.75. The van der Waals surface area contributed by atoms with Gasteiger partial charge in [-0.2, -0.15) is 0 Å². The summed E-state index contributed by atoms with van der Waals surface area (Å²) >= 11 is 4.63. The molecule has 0 aliphatic heterocycles. The van der Waals surface area contributed by atoms with Crippen molar-refractivity contribution in [1.29, 1.82) is 0 Å². The number of thiophene rings is 1. The van der Waals surface area contributed by atoms with Crippen molar-refractivity contribution < 1.29 is 4.79 Å². The van der Waals surface area contributed by atoms with E-state index in [1.54, 1.807) is 0 Å². The van der Waals surface area contributed by atoms with Gasteiger partial charge in [0.15, 0.2) is 5.78 Å². The molecule has 54 valence electrons. The van der Waals surface area contributed by atoms with E-state index in [1.807, 2.05) is 18.4 Å². The van der Waals surface area contributed by atoms with Gasteiger partial charge in [-0.25, -0.2) is 0 Å². The lowest BCUT2D eigenvalue weighted by Gasteiger charge is -1.91. The van der Waals surface area contributed by atoms with Crippen molar-refractivity contribution >= 4 is 33.0 Å². The topological polar surface area (TPSA) is 17.1 Å². The number of carbonyl (C=O) groups is 1. The Labute approximate surface area is 72.2 Å². The average Bonchev–Trinajstić information content (AvgIpc) is 2.34. The summed E-state index contributed by atoms with van der Waals surface area (Å²) in [6.45, 7) is 1.95. The molecular formula is C7H7BrOS. The van der Waals surface area contributed by atoms with Gasteiger partial charge in [-0.1, -0.05) is 15.9 Å². The Morgan fingerprint density at radius 2 is 2.50 bits per heavy atom. The molecule has 0 bridgehead atoms. The van der Waals surface area contributed by atoms with Crippen LogP contribution in [-0.2, 0) is 0 Å². The lowest BCUT2D eigenvalue weighted by molar-refractivity contribution is 0.102. The van der Waals surface area contributed by atoms with Crippen molar-refractivity contribution in [2.45, 2.75) is 6.92 Å². The maximum atomic E-state index is 11.1. The molecule has 1 aromatic heterocycles. The van der Waals surface area contributed by atoms with Crippen molar-refractivity contribution in [3.63, 3.8) is 0 Å². The number of Topliss-reactive ketones (excluding diaryl/α,β-unsaturated/α-hetero) is 1. The third-order valence-electron chi connectivity index (χ3n) is 1.24. The molecule has 1 nitrogen and oxygen atoms in total. The first kappa shape index (κ1) is 7.95. The van der Waals surface area contributed by atoms with Crippen molar-refractivity contribution in [1.82, 2.24) is 0 Å². The van der Waals surface area contributed by atoms with Crippen molar-refractivity contribution in [2.24, 2.45) is 0 Å². The number of rotatable bonds is 2. The maximum Gasteiger partial charge on any atom is 0.183 e. The minimum absolute atomic E-state index is 0.174. The Kier molecular flexibility index (Phi) is 2.63. The van der Waals surface area contributed by atoms with Crippen LogP contribution in [0.25, 0.3) is 0 Å². The molecule has 1 rings (SSSR count). The highest BCUT2D eigenvalue weighted by Gasteiger charge is 2.07. The first-order valence-electron chi connectivity index (χ1n) is 2.89. The van der Waals surface area contributed by atoms with Crippen LogP contribution in [0, 0.1) is 6.92 Å². The number of hydrogen-bond donors (Lipinski definition) is 0. The molecule has 0 unspecified atom stereocenters. The van der Waals surface area contributed by atoms with Gasteiger partial charge >= 0.3 is 0 Å². The molecule has 0 spiro atoms. The van der Waals surface area contributed by atoms with E-state index in [-0.39, 0.29) is 5.78 Å². The van der Waals surface area contributed by atoms with Crippen LogP contribution in [0.4, 0.5) is 0 Å². The van der Waals surface area contributed by atoms with Crippen LogP contribution in [0.1, 0.15) is 15.2 Å². The van der Waals surface area contributed by atoms with E-state index in [4.69, 9.17) is 0 Å². The van der Waals surface area contributed by atoms with E-state index in [9.17, 15) is 4.79 Å². The molecule has 3 heteroatoms. The van der Waals surface area contributed by atoms with Crippen molar-refractivity contribution in [2.75, 3.05) is 5.33 Å². The maximum absolute atomic E-state index is 11.1. The molecule has 0 saturated carbocycles. The summed E-state index contributed by atoms with van der Waals surface area (Å²) in [6.07, 6.45) is 0. The minimum Gasteiger partial charge on any atom is -0.292 e. The normalized spacial score (nSPS) is 9.80. The largest absolute Gasteiger partial charge is 0.292 e. The summed E-state index contributed by atoms with van der Waals surface area (Å²) in [5, 5.41) is 2.36. The lowest BCUT2D eigenvalue weighted by atomic mass is 10.2. The summed E-state index contributed by atoms with van der Waals surface area (Å²) in [4.78, 5) is 11.9. The third-order valence-corrected chi connectivity index (χ3v) is 2.80. The number of alkyl halides is 1. The van der Waals surface area contributed by atoms with Crippen LogP contribution in [0.5, 0.6) is 0 Å². The first-order valence-corrected chi connectivity index (χ1v) is 4.89. The van der Waals surface area contributed by atoms with Gasteiger partial charge in [0, 0.05) is 0 Å². The van der Waals surface area contributed by atoms with Crippen LogP contribution in [0.15, 0.2) is 11.4 Å². The average molecular weight is 219 g/mol. The molecule has 1 heterocycles. The molecule has 0 amide bonds. The molecular weight excluding hydrogens is 212 g/mol. The van der Waals surface area contributed by atoms with Gasteiger partial charge < -0.3 is 0 Å². The highest BCUT2D eigenvalue weighted by molar-refractivity contribution is 9.09. The predicted octanol–water partition coefficient (Wildman–Crippen LogP) is 2.63.